The number of hydrogen-bond acceptors (Lipinski definition) is 2. The minimum Gasteiger partial charge on any atom is -0.337 e. The van der Waals surface area contributed by atoms with E-state index in [0.29, 0.717) is 12.1 Å². The van der Waals surface area contributed by atoms with Crippen molar-refractivity contribution in [2.24, 2.45) is 7.05 Å². The minimum absolute atomic E-state index is 0.0200. The molecule has 0 aliphatic heterocycles. The van der Waals surface area contributed by atoms with Gasteiger partial charge in [0.25, 0.3) is 5.91 Å². The normalized spacial score (nSPS) is 10.5. The highest BCUT2D eigenvalue weighted by molar-refractivity contribution is 14.1. The number of halogens is 2. The molecule has 19 heavy (non-hydrogen) atoms. The molecule has 0 aliphatic rings. The molecule has 0 radical (unpaired) electrons. The maximum absolute atomic E-state index is 12.4. The monoisotopic (exact) mass is 433 g/mol. The van der Waals surface area contributed by atoms with Gasteiger partial charge in [-0.1, -0.05) is 0 Å². The van der Waals surface area contributed by atoms with Gasteiger partial charge in [0, 0.05) is 34.5 Å². The number of aryl methyl sites for hydroxylation is 1. The molecular formula is C13H13BrIN3O. The zero-order chi connectivity index (χ0) is 14.0. The Kier molecular flexibility index (Phi) is 4.62. The lowest BCUT2D eigenvalue weighted by atomic mass is 10.2. The first-order valence-electron chi connectivity index (χ1n) is 5.65. The molecule has 0 bridgehead atoms. The number of carbonyl (C=O) groups excluding carboxylic acids is 1. The first-order chi connectivity index (χ1) is 8.99. The summed E-state index contributed by atoms with van der Waals surface area (Å²) in [5.41, 5.74) is 0.670. The molecule has 1 amide bonds. The van der Waals surface area contributed by atoms with Crippen molar-refractivity contribution in [2.75, 3.05) is 7.05 Å². The van der Waals surface area contributed by atoms with Gasteiger partial charge in [-0.15, -0.1) is 0 Å². The van der Waals surface area contributed by atoms with Crippen molar-refractivity contribution in [3.05, 3.63) is 50.0 Å². The van der Waals surface area contributed by atoms with Crippen molar-refractivity contribution in [1.82, 2.24) is 14.5 Å². The zero-order valence-electron chi connectivity index (χ0n) is 10.6. The fourth-order valence-electron chi connectivity index (χ4n) is 1.70. The van der Waals surface area contributed by atoms with Gasteiger partial charge in [0.1, 0.15) is 5.82 Å². The van der Waals surface area contributed by atoms with E-state index in [-0.39, 0.29) is 5.91 Å². The van der Waals surface area contributed by atoms with Crippen LogP contribution in [0.3, 0.4) is 0 Å². The minimum atomic E-state index is -0.0200. The van der Waals surface area contributed by atoms with Crippen molar-refractivity contribution in [3.8, 4) is 0 Å². The molecular weight excluding hydrogens is 421 g/mol. The number of benzene rings is 1. The second kappa shape index (κ2) is 6.04. The predicted octanol–water partition coefficient (Wildman–Crippen LogP) is 3.06. The number of imidazole rings is 1. The van der Waals surface area contributed by atoms with E-state index in [9.17, 15) is 4.79 Å². The average Bonchev–Trinajstić information content (AvgIpc) is 2.77. The number of nitrogens with zero attached hydrogens (tertiary/aromatic N) is 3. The van der Waals surface area contributed by atoms with Crippen molar-refractivity contribution in [2.45, 2.75) is 6.54 Å². The Balaban J connectivity index is 2.19. The molecule has 1 heterocycles. The Labute approximate surface area is 134 Å². The van der Waals surface area contributed by atoms with Crippen LogP contribution in [0.4, 0.5) is 0 Å². The maximum atomic E-state index is 12.4. The number of rotatable bonds is 3. The van der Waals surface area contributed by atoms with E-state index < -0.39 is 0 Å². The first-order valence-corrected chi connectivity index (χ1v) is 7.53. The highest BCUT2D eigenvalue weighted by Gasteiger charge is 2.16. The topological polar surface area (TPSA) is 38.1 Å². The quantitative estimate of drug-likeness (QED) is 0.697. The largest absolute Gasteiger partial charge is 0.337 e. The Bertz CT molecular complexity index is 612. The third-order valence-electron chi connectivity index (χ3n) is 2.81. The van der Waals surface area contributed by atoms with Gasteiger partial charge in [-0.25, -0.2) is 4.98 Å². The maximum Gasteiger partial charge on any atom is 0.255 e. The highest BCUT2D eigenvalue weighted by atomic mass is 127. The van der Waals surface area contributed by atoms with Gasteiger partial charge in [-0.3, -0.25) is 4.79 Å². The Morgan fingerprint density at radius 3 is 2.89 bits per heavy atom. The van der Waals surface area contributed by atoms with Crippen LogP contribution in [-0.2, 0) is 13.6 Å². The van der Waals surface area contributed by atoms with E-state index in [4.69, 9.17) is 0 Å². The summed E-state index contributed by atoms with van der Waals surface area (Å²) in [6.45, 7) is 0.486. The summed E-state index contributed by atoms with van der Waals surface area (Å²) < 4.78 is 3.76. The van der Waals surface area contributed by atoms with Crippen LogP contribution >= 0.6 is 38.5 Å². The summed E-state index contributed by atoms with van der Waals surface area (Å²) >= 11 is 5.62. The molecule has 4 nitrogen and oxygen atoms in total. The third kappa shape index (κ3) is 3.36. The van der Waals surface area contributed by atoms with Crippen molar-refractivity contribution < 1.29 is 4.79 Å². The van der Waals surface area contributed by atoms with E-state index in [1.165, 1.54) is 0 Å². The van der Waals surface area contributed by atoms with Gasteiger partial charge in [-0.2, -0.15) is 0 Å². The van der Waals surface area contributed by atoms with Crippen LogP contribution in [0.15, 0.2) is 35.1 Å². The Morgan fingerprint density at radius 1 is 1.53 bits per heavy atom. The lowest BCUT2D eigenvalue weighted by Gasteiger charge is -2.18. The number of hydrogen-bond donors (Lipinski definition) is 0. The smallest absolute Gasteiger partial charge is 0.255 e. The van der Waals surface area contributed by atoms with Crippen LogP contribution in [0.2, 0.25) is 0 Å². The van der Waals surface area contributed by atoms with E-state index in [2.05, 4.69) is 43.5 Å². The molecule has 0 aliphatic carbocycles. The summed E-state index contributed by atoms with van der Waals surface area (Å²) in [6.07, 6.45) is 3.60. The van der Waals surface area contributed by atoms with Crippen LogP contribution in [0.5, 0.6) is 0 Å². The van der Waals surface area contributed by atoms with Crippen molar-refractivity contribution >= 4 is 44.4 Å². The second-order valence-corrected chi connectivity index (χ2v) is 6.34. The average molecular weight is 434 g/mol. The summed E-state index contributed by atoms with van der Waals surface area (Å²) in [5.74, 6) is 0.839. The number of aromatic nitrogens is 2. The SMILES string of the molecule is CN(Cc1nccn1C)C(=O)c1cc(I)ccc1Br. The molecule has 1 aromatic heterocycles. The first kappa shape index (κ1) is 14.5. The number of carbonyl (C=O) groups is 1. The molecule has 0 saturated carbocycles. The van der Waals surface area contributed by atoms with Gasteiger partial charge < -0.3 is 9.47 Å². The zero-order valence-corrected chi connectivity index (χ0v) is 14.3. The summed E-state index contributed by atoms with van der Waals surface area (Å²) in [4.78, 5) is 18.3. The molecule has 6 heteroatoms. The summed E-state index contributed by atoms with van der Waals surface area (Å²) in [5, 5.41) is 0. The third-order valence-corrected chi connectivity index (χ3v) is 4.17. The molecule has 100 valence electrons. The van der Waals surface area contributed by atoms with E-state index in [0.717, 1.165) is 13.9 Å². The molecule has 0 spiro atoms. The van der Waals surface area contributed by atoms with Gasteiger partial charge in [0.05, 0.1) is 12.1 Å². The van der Waals surface area contributed by atoms with Crippen LogP contribution in [0, 0.1) is 3.57 Å². The van der Waals surface area contributed by atoms with Crippen LogP contribution < -0.4 is 0 Å². The lowest BCUT2D eigenvalue weighted by Crippen LogP contribution is -2.27. The fourth-order valence-corrected chi connectivity index (χ4v) is 2.61. The van der Waals surface area contributed by atoms with Crippen LogP contribution in [0.25, 0.3) is 0 Å². The second-order valence-electron chi connectivity index (χ2n) is 4.24. The molecule has 2 rings (SSSR count). The Morgan fingerprint density at radius 2 is 2.26 bits per heavy atom. The van der Waals surface area contributed by atoms with E-state index >= 15 is 0 Å². The Hall–Kier alpha value is -0.890. The van der Waals surface area contributed by atoms with Gasteiger partial charge >= 0.3 is 0 Å². The molecule has 0 saturated heterocycles. The van der Waals surface area contributed by atoms with E-state index in [1.807, 2.05) is 36.0 Å². The van der Waals surface area contributed by atoms with Crippen LogP contribution in [0.1, 0.15) is 16.2 Å². The molecule has 0 N–H and O–H groups in total. The predicted molar refractivity (Wildman–Crippen MR) is 85.9 cm³/mol. The van der Waals surface area contributed by atoms with E-state index in [1.54, 1.807) is 18.1 Å². The summed E-state index contributed by atoms with van der Waals surface area (Å²) in [6, 6.07) is 5.73. The summed E-state index contributed by atoms with van der Waals surface area (Å²) in [7, 11) is 3.70. The lowest BCUT2D eigenvalue weighted by molar-refractivity contribution is 0.0779. The molecule has 0 fully saturated rings. The van der Waals surface area contributed by atoms with Gasteiger partial charge in [-0.05, 0) is 56.7 Å². The molecule has 1 aromatic carbocycles. The van der Waals surface area contributed by atoms with Gasteiger partial charge in [0.15, 0.2) is 0 Å². The molecule has 0 atom stereocenters. The fraction of sp³-hybridized carbons (Fsp3) is 0.231. The van der Waals surface area contributed by atoms with Crippen molar-refractivity contribution in [1.29, 1.82) is 0 Å². The van der Waals surface area contributed by atoms with Gasteiger partial charge in [0.2, 0.25) is 0 Å². The number of amides is 1. The molecule has 0 unspecified atom stereocenters. The van der Waals surface area contributed by atoms with Crippen LogP contribution in [-0.4, -0.2) is 27.4 Å². The van der Waals surface area contributed by atoms with Crippen molar-refractivity contribution in [3.63, 3.8) is 0 Å². The standard InChI is InChI=1S/C13H13BrIN3O/c1-17-6-5-16-12(17)8-18(2)13(19)10-7-9(15)3-4-11(10)14/h3-7H,8H2,1-2H3. The molecule has 2 aromatic rings. The highest BCUT2D eigenvalue weighted by Crippen LogP contribution is 2.21.